The van der Waals surface area contributed by atoms with E-state index in [-0.39, 0.29) is 13.1 Å². The molecule has 0 spiro atoms. The second-order valence-corrected chi connectivity index (χ2v) is 7.04. The summed E-state index contributed by atoms with van der Waals surface area (Å²) in [7, 11) is -3.30. The van der Waals surface area contributed by atoms with Crippen LogP contribution in [-0.2, 0) is 14.8 Å². The lowest BCUT2D eigenvalue weighted by Gasteiger charge is -2.27. The molecule has 2 amide bonds. The van der Waals surface area contributed by atoms with Crippen LogP contribution in [0.1, 0.15) is 20.8 Å². The maximum atomic E-state index is 11.5. The van der Waals surface area contributed by atoms with Gasteiger partial charge in [0.25, 0.3) is 0 Å². The number of nitrogens with one attached hydrogen (secondary N) is 3. The average Bonchev–Trinajstić information content (AvgIpc) is 2.17. The first-order valence-electron chi connectivity index (χ1n) is 5.65. The summed E-state index contributed by atoms with van der Waals surface area (Å²) in [5.41, 5.74) is -0.631. The zero-order chi connectivity index (χ0) is 15.3. The average molecular weight is 295 g/mol. The van der Waals surface area contributed by atoms with Crippen LogP contribution in [0.3, 0.4) is 0 Å². The molecule has 0 heterocycles. The summed E-state index contributed by atoms with van der Waals surface area (Å²) >= 11 is 0. The molecule has 0 fully saturated rings. The van der Waals surface area contributed by atoms with Crippen LogP contribution in [0, 0.1) is 5.41 Å². The van der Waals surface area contributed by atoms with Crippen LogP contribution in [0.2, 0.25) is 0 Å². The van der Waals surface area contributed by atoms with E-state index in [1.165, 1.54) is 0 Å². The second kappa shape index (κ2) is 6.71. The third kappa shape index (κ3) is 8.38. The van der Waals surface area contributed by atoms with Gasteiger partial charge in [-0.15, -0.1) is 0 Å². The molecule has 0 rings (SSSR count). The topological polar surface area (TPSA) is 125 Å². The summed E-state index contributed by atoms with van der Waals surface area (Å²) in [6.07, 6.45) is 1.01. The van der Waals surface area contributed by atoms with E-state index in [0.717, 1.165) is 6.26 Å². The maximum Gasteiger partial charge on any atom is 0.326 e. The lowest BCUT2D eigenvalue weighted by Crippen LogP contribution is -2.53. The third-order valence-electron chi connectivity index (χ3n) is 2.16. The number of sulfonamides is 1. The van der Waals surface area contributed by atoms with Crippen molar-refractivity contribution in [1.82, 2.24) is 15.4 Å². The minimum Gasteiger partial charge on any atom is -0.480 e. The van der Waals surface area contributed by atoms with Gasteiger partial charge in [-0.05, 0) is 5.41 Å². The van der Waals surface area contributed by atoms with Gasteiger partial charge in [-0.2, -0.15) is 0 Å². The fraction of sp³-hybridized carbons (Fsp3) is 0.800. The Morgan fingerprint density at radius 3 is 2.11 bits per heavy atom. The minimum atomic E-state index is -3.30. The Morgan fingerprint density at radius 1 is 1.21 bits per heavy atom. The molecule has 0 aromatic rings. The van der Waals surface area contributed by atoms with Crippen molar-refractivity contribution in [2.45, 2.75) is 26.8 Å². The van der Waals surface area contributed by atoms with E-state index in [1.54, 1.807) is 20.8 Å². The lowest BCUT2D eigenvalue weighted by atomic mass is 9.87. The third-order valence-corrected chi connectivity index (χ3v) is 2.89. The highest BCUT2D eigenvalue weighted by Gasteiger charge is 2.32. The molecule has 0 aliphatic rings. The van der Waals surface area contributed by atoms with Crippen molar-refractivity contribution in [2.24, 2.45) is 5.41 Å². The number of carboxylic acid groups (broad SMARTS) is 1. The molecule has 0 aromatic carbocycles. The normalized spacial score (nSPS) is 13.7. The summed E-state index contributed by atoms with van der Waals surface area (Å²) in [5, 5.41) is 13.7. The first-order valence-corrected chi connectivity index (χ1v) is 7.54. The number of carbonyl (C=O) groups excluding carboxylic acids is 1. The van der Waals surface area contributed by atoms with Crippen molar-refractivity contribution in [3.05, 3.63) is 0 Å². The van der Waals surface area contributed by atoms with Gasteiger partial charge in [0.2, 0.25) is 10.0 Å². The molecule has 1 atom stereocenters. The maximum absolute atomic E-state index is 11.5. The minimum absolute atomic E-state index is 0.0412. The van der Waals surface area contributed by atoms with Gasteiger partial charge in [-0.25, -0.2) is 22.7 Å². The molecule has 0 saturated carbocycles. The standard InChI is InChI=1S/C10H21N3O5S/c1-10(2,3)7(8(14)15)13-9(16)11-5-6-12-19(4,17)18/h7,12H,5-6H2,1-4H3,(H,14,15)(H2,11,13,16)/t7-/m1/s1. The number of amides is 2. The van der Waals surface area contributed by atoms with Crippen LogP contribution in [0.15, 0.2) is 0 Å². The number of hydrogen-bond acceptors (Lipinski definition) is 4. The highest BCUT2D eigenvalue weighted by molar-refractivity contribution is 7.88. The van der Waals surface area contributed by atoms with Crippen molar-refractivity contribution in [3.8, 4) is 0 Å². The molecule has 4 N–H and O–H groups in total. The van der Waals surface area contributed by atoms with Gasteiger partial charge in [0.05, 0.1) is 6.26 Å². The Labute approximate surface area is 113 Å². The molecule has 19 heavy (non-hydrogen) atoms. The Balaban J connectivity index is 4.20. The molecule has 0 unspecified atom stereocenters. The zero-order valence-electron chi connectivity index (χ0n) is 11.5. The first-order chi connectivity index (χ1) is 8.43. The van der Waals surface area contributed by atoms with E-state index >= 15 is 0 Å². The summed E-state index contributed by atoms with van der Waals surface area (Å²) < 4.78 is 23.7. The fourth-order valence-electron chi connectivity index (χ4n) is 1.24. The smallest absolute Gasteiger partial charge is 0.326 e. The Bertz CT molecular complexity index is 427. The van der Waals surface area contributed by atoms with Gasteiger partial charge < -0.3 is 15.7 Å². The number of hydrogen-bond donors (Lipinski definition) is 4. The predicted octanol–water partition coefficient (Wildman–Crippen LogP) is -0.666. The van der Waals surface area contributed by atoms with Crippen LogP contribution in [-0.4, -0.2) is 50.9 Å². The number of rotatable bonds is 6. The van der Waals surface area contributed by atoms with Crippen LogP contribution >= 0.6 is 0 Å². The van der Waals surface area contributed by atoms with Crippen molar-refractivity contribution >= 4 is 22.0 Å². The van der Waals surface area contributed by atoms with E-state index in [2.05, 4.69) is 15.4 Å². The Morgan fingerprint density at radius 2 is 1.74 bits per heavy atom. The van der Waals surface area contributed by atoms with E-state index in [9.17, 15) is 18.0 Å². The number of aliphatic carboxylic acids is 1. The van der Waals surface area contributed by atoms with Crippen molar-refractivity contribution in [2.75, 3.05) is 19.3 Å². The highest BCUT2D eigenvalue weighted by atomic mass is 32.2. The molecule has 0 aliphatic heterocycles. The van der Waals surface area contributed by atoms with Gasteiger partial charge in [0.15, 0.2) is 0 Å². The van der Waals surface area contributed by atoms with Crippen LogP contribution < -0.4 is 15.4 Å². The highest BCUT2D eigenvalue weighted by Crippen LogP contribution is 2.19. The monoisotopic (exact) mass is 295 g/mol. The summed E-state index contributed by atoms with van der Waals surface area (Å²) in [6, 6.07) is -1.69. The van der Waals surface area contributed by atoms with Gasteiger partial charge >= 0.3 is 12.0 Å². The predicted molar refractivity (Wildman–Crippen MR) is 70.3 cm³/mol. The Hall–Kier alpha value is -1.35. The molecular formula is C10H21N3O5S. The van der Waals surface area contributed by atoms with Crippen molar-refractivity contribution in [1.29, 1.82) is 0 Å². The second-order valence-electron chi connectivity index (χ2n) is 5.20. The molecule has 0 saturated heterocycles. The van der Waals surface area contributed by atoms with Crippen LogP contribution in [0.5, 0.6) is 0 Å². The lowest BCUT2D eigenvalue weighted by molar-refractivity contribution is -0.141. The molecular weight excluding hydrogens is 274 g/mol. The number of carbonyl (C=O) groups is 2. The van der Waals surface area contributed by atoms with Crippen LogP contribution in [0.4, 0.5) is 4.79 Å². The summed E-state index contributed by atoms with van der Waals surface area (Å²) in [5.74, 6) is -1.13. The molecule has 0 radical (unpaired) electrons. The number of urea groups is 1. The van der Waals surface area contributed by atoms with Gasteiger partial charge in [-0.3, -0.25) is 0 Å². The largest absolute Gasteiger partial charge is 0.480 e. The van der Waals surface area contributed by atoms with E-state index < -0.39 is 33.5 Å². The zero-order valence-corrected chi connectivity index (χ0v) is 12.3. The van der Waals surface area contributed by atoms with Crippen LogP contribution in [0.25, 0.3) is 0 Å². The first kappa shape index (κ1) is 17.6. The quantitative estimate of drug-likeness (QED) is 0.484. The van der Waals surface area contributed by atoms with E-state index in [0.29, 0.717) is 0 Å². The molecule has 0 aliphatic carbocycles. The van der Waals surface area contributed by atoms with Crippen molar-refractivity contribution < 1.29 is 23.1 Å². The number of carboxylic acids is 1. The summed E-state index contributed by atoms with van der Waals surface area (Å²) in [4.78, 5) is 22.5. The molecule has 0 aromatic heterocycles. The van der Waals surface area contributed by atoms with E-state index in [1.807, 2.05) is 0 Å². The van der Waals surface area contributed by atoms with Gasteiger partial charge in [-0.1, -0.05) is 20.8 Å². The van der Waals surface area contributed by atoms with Gasteiger partial charge in [0.1, 0.15) is 6.04 Å². The molecule has 9 heteroatoms. The Kier molecular flexibility index (Phi) is 6.23. The van der Waals surface area contributed by atoms with E-state index in [4.69, 9.17) is 5.11 Å². The van der Waals surface area contributed by atoms with Crippen molar-refractivity contribution in [3.63, 3.8) is 0 Å². The SMILES string of the molecule is CC(C)(C)[C@H](NC(=O)NCCNS(C)(=O)=O)C(=O)O. The molecule has 0 bridgehead atoms. The van der Waals surface area contributed by atoms with Gasteiger partial charge in [0, 0.05) is 13.1 Å². The molecule has 112 valence electrons. The fourth-order valence-corrected chi connectivity index (χ4v) is 1.72. The molecule has 8 nitrogen and oxygen atoms in total. The summed E-state index contributed by atoms with van der Waals surface area (Å²) in [6.45, 7) is 5.18.